The summed E-state index contributed by atoms with van der Waals surface area (Å²) in [6.45, 7) is 2.09. The number of carboxylic acid groups (broad SMARTS) is 1. The number of nitrogens with zero attached hydrogens (tertiary/aromatic N) is 1. The summed E-state index contributed by atoms with van der Waals surface area (Å²) >= 11 is 0. The van der Waals surface area contributed by atoms with Crippen molar-refractivity contribution >= 4 is 17.1 Å². The molecule has 1 heterocycles. The van der Waals surface area contributed by atoms with Crippen molar-refractivity contribution < 1.29 is 27.6 Å². The van der Waals surface area contributed by atoms with Crippen molar-refractivity contribution in [3.8, 4) is 0 Å². The first-order chi connectivity index (χ1) is 10.4. The second kappa shape index (κ2) is 7.08. The Labute approximate surface area is 130 Å². The molecule has 7 nitrogen and oxygen atoms in total. The fraction of sp³-hybridized carbons (Fsp3) is 0.500. The van der Waals surface area contributed by atoms with Gasteiger partial charge in [0.1, 0.15) is 6.10 Å². The Balaban J connectivity index is 2.22. The molecule has 0 aromatic heterocycles. The van der Waals surface area contributed by atoms with Crippen LogP contribution in [0.1, 0.15) is 23.7 Å². The molecule has 0 aliphatic carbocycles. The van der Waals surface area contributed by atoms with Crippen LogP contribution in [0.5, 0.6) is 0 Å². The number of likely N-dealkylation sites (tertiary alicyclic amines) is 1. The Bertz CT molecular complexity index is 592. The van der Waals surface area contributed by atoms with Crippen molar-refractivity contribution in [1.29, 1.82) is 0 Å². The predicted octanol–water partition coefficient (Wildman–Crippen LogP) is 0.940. The van der Waals surface area contributed by atoms with Crippen LogP contribution < -0.4 is 0 Å². The van der Waals surface area contributed by atoms with Crippen molar-refractivity contribution in [3.63, 3.8) is 0 Å². The van der Waals surface area contributed by atoms with E-state index in [4.69, 9.17) is 9.29 Å². The molecule has 1 aromatic rings. The molecule has 1 fully saturated rings. The van der Waals surface area contributed by atoms with Crippen LogP contribution in [0.2, 0.25) is 0 Å². The lowest BCUT2D eigenvalue weighted by Crippen LogP contribution is -2.48. The first kappa shape index (κ1) is 16.7. The number of carbonyl (C=O) groups is 1. The number of β-amino-alcohol motifs (C(OH)–C–C–N with tert-alkyl or cyclic N) is 1. The standard InChI is InChI=1S/C14H19NO6S/c1-9-2-4-10(5-3-9)13(21-22(19)20)11-6-7-15(14(17)18)8-12(11)16/h2-5,11-13,16,22H,6-8H2,1H3,(H,17,18). The largest absolute Gasteiger partial charge is 0.465 e. The molecule has 1 amide bonds. The molecular formula is C14H19NO6S. The van der Waals surface area contributed by atoms with Crippen molar-refractivity contribution in [2.45, 2.75) is 25.6 Å². The number of hydrogen-bond acceptors (Lipinski definition) is 5. The minimum atomic E-state index is -3.08. The maximum Gasteiger partial charge on any atom is 0.407 e. The lowest BCUT2D eigenvalue weighted by Gasteiger charge is -2.37. The molecule has 1 aliphatic rings. The van der Waals surface area contributed by atoms with Gasteiger partial charge in [-0.05, 0) is 18.9 Å². The molecular weight excluding hydrogens is 310 g/mol. The molecule has 22 heavy (non-hydrogen) atoms. The zero-order valence-corrected chi connectivity index (χ0v) is 13.0. The van der Waals surface area contributed by atoms with Gasteiger partial charge < -0.3 is 15.1 Å². The van der Waals surface area contributed by atoms with E-state index in [1.54, 1.807) is 12.1 Å². The summed E-state index contributed by atoms with van der Waals surface area (Å²) in [6, 6.07) is 7.19. The number of benzene rings is 1. The van der Waals surface area contributed by atoms with Gasteiger partial charge in [-0.3, -0.25) is 4.18 Å². The number of thiol groups is 1. The van der Waals surface area contributed by atoms with Gasteiger partial charge in [0.05, 0.1) is 12.6 Å². The normalized spacial score (nSPS) is 23.5. The summed E-state index contributed by atoms with van der Waals surface area (Å²) in [5, 5.41) is 19.2. The van der Waals surface area contributed by atoms with Crippen LogP contribution in [-0.4, -0.2) is 48.8 Å². The second-order valence-corrected chi connectivity index (χ2v) is 6.07. The Hall–Kier alpha value is -1.64. The third-order valence-corrected chi connectivity index (χ3v) is 4.30. The number of aryl methyl sites for hydroxylation is 1. The quantitative estimate of drug-likeness (QED) is 0.710. The highest BCUT2D eigenvalue weighted by molar-refractivity contribution is 7.67. The highest BCUT2D eigenvalue weighted by Crippen LogP contribution is 2.34. The van der Waals surface area contributed by atoms with Crippen LogP contribution in [0.3, 0.4) is 0 Å². The zero-order valence-electron chi connectivity index (χ0n) is 12.1. The molecule has 1 aromatic carbocycles. The maximum atomic E-state index is 11.0. The molecule has 0 radical (unpaired) electrons. The number of hydrogen-bond donors (Lipinski definition) is 3. The van der Waals surface area contributed by atoms with Crippen LogP contribution in [0.4, 0.5) is 4.79 Å². The Morgan fingerprint density at radius 1 is 1.36 bits per heavy atom. The average Bonchev–Trinajstić information content (AvgIpc) is 2.45. The molecule has 1 aliphatic heterocycles. The number of piperidine rings is 1. The van der Waals surface area contributed by atoms with Gasteiger partial charge in [0, 0.05) is 12.5 Å². The SMILES string of the molecule is Cc1ccc(C(O[SH](=O)=O)C2CCN(C(=O)O)CC2O)cc1. The summed E-state index contributed by atoms with van der Waals surface area (Å²) < 4.78 is 27.0. The molecule has 122 valence electrons. The predicted molar refractivity (Wildman–Crippen MR) is 79.0 cm³/mol. The summed E-state index contributed by atoms with van der Waals surface area (Å²) in [6.07, 6.45) is -2.56. The van der Waals surface area contributed by atoms with E-state index in [-0.39, 0.29) is 13.1 Å². The van der Waals surface area contributed by atoms with Gasteiger partial charge in [0.2, 0.25) is 0 Å². The molecule has 2 N–H and O–H groups in total. The Morgan fingerprint density at radius 3 is 2.50 bits per heavy atom. The van der Waals surface area contributed by atoms with Gasteiger partial charge in [-0.25, -0.2) is 13.2 Å². The molecule has 0 spiro atoms. The van der Waals surface area contributed by atoms with Crippen molar-refractivity contribution in [2.75, 3.05) is 13.1 Å². The molecule has 2 rings (SSSR count). The third-order valence-electron chi connectivity index (χ3n) is 3.90. The number of aliphatic hydroxyl groups excluding tert-OH is 1. The average molecular weight is 329 g/mol. The van der Waals surface area contributed by atoms with Crippen LogP contribution in [0.15, 0.2) is 24.3 Å². The van der Waals surface area contributed by atoms with Crippen LogP contribution in [-0.2, 0) is 15.2 Å². The number of rotatable bonds is 4. The first-order valence-corrected chi connectivity index (χ1v) is 8.01. The van der Waals surface area contributed by atoms with Crippen LogP contribution in [0.25, 0.3) is 0 Å². The van der Waals surface area contributed by atoms with E-state index in [1.165, 1.54) is 0 Å². The van der Waals surface area contributed by atoms with E-state index in [9.17, 15) is 18.3 Å². The Kier molecular flexibility index (Phi) is 5.38. The van der Waals surface area contributed by atoms with E-state index in [2.05, 4.69) is 0 Å². The molecule has 3 atom stereocenters. The van der Waals surface area contributed by atoms with E-state index < -0.39 is 35.2 Å². The first-order valence-electron chi connectivity index (χ1n) is 6.92. The zero-order chi connectivity index (χ0) is 16.3. The fourth-order valence-electron chi connectivity index (χ4n) is 2.71. The van der Waals surface area contributed by atoms with E-state index in [0.29, 0.717) is 12.0 Å². The van der Waals surface area contributed by atoms with Gasteiger partial charge in [-0.2, -0.15) is 0 Å². The monoisotopic (exact) mass is 329 g/mol. The highest BCUT2D eigenvalue weighted by Gasteiger charge is 2.37. The third kappa shape index (κ3) is 3.96. The topological polar surface area (TPSA) is 104 Å². The smallest absolute Gasteiger partial charge is 0.407 e. The minimum absolute atomic E-state index is 0.0542. The molecule has 3 unspecified atom stereocenters. The summed E-state index contributed by atoms with van der Waals surface area (Å²) in [5.41, 5.74) is 1.67. The lowest BCUT2D eigenvalue weighted by molar-refractivity contribution is -0.0229. The van der Waals surface area contributed by atoms with Gasteiger partial charge in [0.25, 0.3) is 11.0 Å². The van der Waals surface area contributed by atoms with Gasteiger partial charge in [-0.1, -0.05) is 29.8 Å². The summed E-state index contributed by atoms with van der Waals surface area (Å²) in [5.74, 6) is -0.480. The van der Waals surface area contributed by atoms with Gasteiger partial charge in [0.15, 0.2) is 0 Å². The molecule has 1 saturated heterocycles. The van der Waals surface area contributed by atoms with E-state index in [0.717, 1.165) is 10.5 Å². The van der Waals surface area contributed by atoms with Crippen molar-refractivity contribution in [1.82, 2.24) is 4.90 Å². The summed E-state index contributed by atoms with van der Waals surface area (Å²) in [7, 11) is -3.08. The van der Waals surface area contributed by atoms with E-state index >= 15 is 0 Å². The van der Waals surface area contributed by atoms with Crippen LogP contribution >= 0.6 is 0 Å². The van der Waals surface area contributed by atoms with Crippen molar-refractivity contribution in [3.05, 3.63) is 35.4 Å². The lowest BCUT2D eigenvalue weighted by atomic mass is 9.85. The fourth-order valence-corrected chi connectivity index (χ4v) is 3.18. The van der Waals surface area contributed by atoms with Crippen molar-refractivity contribution in [2.24, 2.45) is 5.92 Å². The second-order valence-electron chi connectivity index (χ2n) is 5.41. The summed E-state index contributed by atoms with van der Waals surface area (Å²) in [4.78, 5) is 12.1. The molecule has 0 bridgehead atoms. The number of aliphatic hydroxyl groups is 1. The molecule has 0 saturated carbocycles. The van der Waals surface area contributed by atoms with Gasteiger partial charge >= 0.3 is 6.09 Å². The Morgan fingerprint density at radius 2 is 2.00 bits per heavy atom. The number of amides is 1. The van der Waals surface area contributed by atoms with Crippen LogP contribution in [0, 0.1) is 12.8 Å². The maximum absolute atomic E-state index is 11.0. The van der Waals surface area contributed by atoms with E-state index in [1.807, 2.05) is 19.1 Å². The minimum Gasteiger partial charge on any atom is -0.465 e. The molecule has 8 heteroatoms. The van der Waals surface area contributed by atoms with Gasteiger partial charge in [-0.15, -0.1) is 0 Å². The highest BCUT2D eigenvalue weighted by atomic mass is 32.2.